The van der Waals surface area contributed by atoms with Gasteiger partial charge < -0.3 is 14.5 Å². The van der Waals surface area contributed by atoms with Crippen molar-refractivity contribution in [2.45, 2.75) is 31.4 Å². The fourth-order valence-electron chi connectivity index (χ4n) is 5.52. The number of fused-ring (bicyclic) bond motifs is 8. The van der Waals surface area contributed by atoms with Gasteiger partial charge in [-0.05, 0) is 93.1 Å². The summed E-state index contributed by atoms with van der Waals surface area (Å²) in [5.41, 5.74) is 8.69. The molecule has 0 radical (unpaired) electrons. The molecule has 2 aliphatic heterocycles. The first kappa shape index (κ1) is 27.2. The molecule has 8 bridgehead atoms. The van der Waals surface area contributed by atoms with Crippen LogP contribution in [-0.2, 0) is 10.1 Å². The Morgan fingerprint density at radius 1 is 0.816 bits per heavy atom. The molecule has 0 saturated carbocycles. The van der Waals surface area contributed by atoms with Crippen molar-refractivity contribution in [2.75, 3.05) is 0 Å². The molecule has 0 amide bonds. The summed E-state index contributed by atoms with van der Waals surface area (Å²) in [7, 11) is -4.69. The van der Waals surface area contributed by atoms with Gasteiger partial charge in [-0.25, -0.2) is 18.4 Å². The van der Waals surface area contributed by atoms with E-state index in [2.05, 4.69) is 15.0 Å². The van der Waals surface area contributed by atoms with Crippen LogP contribution >= 0.6 is 0 Å². The second-order valence-corrected chi connectivity index (χ2v) is 11.8. The van der Waals surface area contributed by atoms with Gasteiger partial charge in [0.05, 0.1) is 27.5 Å². The Hall–Kier alpha value is -2.37. The summed E-state index contributed by atoms with van der Waals surface area (Å²) < 4.78 is 36.3. The normalized spacial score (nSPS) is 20.6. The Kier molecular flexibility index (Phi) is 7.15. The van der Waals surface area contributed by atoms with E-state index in [1.54, 1.807) is 6.08 Å². The third-order valence-electron chi connectivity index (χ3n) is 7.05. The molecule has 3 aromatic heterocycles. The fraction of sp³-hybridized carbons (Fsp3) is 0.172. The molecular formula is C29H25KN4O3S. The molecule has 2 atom stereocenters. The molecule has 6 rings (SSSR count). The maximum absolute atomic E-state index is 12.6. The molecule has 3 aliphatic rings. The number of hydrogen-bond acceptors (Lipinski definition) is 5. The van der Waals surface area contributed by atoms with Crippen LogP contribution in [0.1, 0.15) is 55.0 Å². The van der Waals surface area contributed by atoms with Crippen molar-refractivity contribution in [1.82, 2.24) is 19.9 Å². The number of nitrogens with one attached hydrogen (secondary N) is 2. The van der Waals surface area contributed by atoms with Gasteiger partial charge in [-0.15, -0.1) is 0 Å². The molecule has 2 unspecified atom stereocenters. The van der Waals surface area contributed by atoms with Crippen LogP contribution in [0.3, 0.4) is 0 Å². The van der Waals surface area contributed by atoms with E-state index in [0.29, 0.717) is 11.2 Å². The minimum atomic E-state index is -4.69. The van der Waals surface area contributed by atoms with Gasteiger partial charge in [-0.3, -0.25) is 0 Å². The molecule has 2 N–H and O–H groups in total. The molecule has 1 aliphatic carbocycles. The molecule has 7 nitrogen and oxygen atoms in total. The summed E-state index contributed by atoms with van der Waals surface area (Å²) in [4.78, 5) is 16.2. The van der Waals surface area contributed by atoms with Crippen LogP contribution in [0.5, 0.6) is 0 Å². The van der Waals surface area contributed by atoms with Crippen LogP contribution in [-0.4, -0.2) is 37.7 Å². The third-order valence-corrected chi connectivity index (χ3v) is 8.48. The van der Waals surface area contributed by atoms with Crippen LogP contribution in [0, 0.1) is 0 Å². The van der Waals surface area contributed by atoms with Crippen LogP contribution in [0.25, 0.3) is 46.4 Å². The summed E-state index contributed by atoms with van der Waals surface area (Å²) in [5, 5.41) is 0. The second-order valence-electron chi connectivity index (χ2n) is 9.98. The molecule has 5 heterocycles. The monoisotopic (exact) mass is 548 g/mol. The predicted molar refractivity (Wildman–Crippen MR) is 147 cm³/mol. The zero-order chi connectivity index (χ0) is 25.9. The van der Waals surface area contributed by atoms with Gasteiger partial charge in [0, 0.05) is 28.0 Å². The molecule has 9 heteroatoms. The molecule has 186 valence electrons. The Labute approximate surface area is 263 Å². The molecule has 0 saturated heterocycles. The number of rotatable bonds is 2. The number of nitrogens with zero attached hydrogens (tertiary/aromatic N) is 2. The minimum absolute atomic E-state index is 0. The largest absolute Gasteiger partial charge is 1.00 e. The standard InChI is InChI=1S/C29H26N4O3S.K/c1-17-10-18(2)28(29(3,16-17)37(34,35)36)26-14-25-13-23-7-6-21(31-23)11-19-4-5-20(30-19)12-22-8-9-24(32-22)15-27(26)33-25;/h4-16,28,31,33H,1-3H3,(H,34,35,36);/q;+1/p-1. The zero-order valence-electron chi connectivity index (χ0n) is 21.6. The fourth-order valence-corrected chi connectivity index (χ4v) is 6.45. The topological polar surface area (TPSA) is 115 Å². The van der Waals surface area contributed by atoms with Gasteiger partial charge in [-0.1, -0.05) is 23.3 Å². The van der Waals surface area contributed by atoms with E-state index in [9.17, 15) is 13.0 Å². The van der Waals surface area contributed by atoms with E-state index in [-0.39, 0.29) is 51.4 Å². The summed E-state index contributed by atoms with van der Waals surface area (Å²) in [6.45, 7) is 5.20. The molecular weight excluding hydrogens is 524 g/mol. The van der Waals surface area contributed by atoms with Crippen molar-refractivity contribution in [3.05, 3.63) is 94.1 Å². The quantitative estimate of drug-likeness (QED) is 0.260. The maximum atomic E-state index is 12.6. The van der Waals surface area contributed by atoms with E-state index < -0.39 is 20.8 Å². The molecule has 0 aromatic carbocycles. The predicted octanol–water partition coefficient (Wildman–Crippen LogP) is 2.95. The van der Waals surface area contributed by atoms with Crippen LogP contribution in [0.15, 0.2) is 65.8 Å². The Morgan fingerprint density at radius 3 is 2.03 bits per heavy atom. The smallest absolute Gasteiger partial charge is 0.747 e. The van der Waals surface area contributed by atoms with Crippen LogP contribution in [0.2, 0.25) is 0 Å². The number of aromatic amines is 2. The number of allylic oxidation sites excluding steroid dienone is 3. The van der Waals surface area contributed by atoms with Gasteiger partial charge in [-0.2, -0.15) is 0 Å². The Morgan fingerprint density at radius 2 is 1.39 bits per heavy atom. The van der Waals surface area contributed by atoms with E-state index >= 15 is 0 Å². The summed E-state index contributed by atoms with van der Waals surface area (Å²) >= 11 is 0. The Bertz CT molecular complexity index is 1860. The summed E-state index contributed by atoms with van der Waals surface area (Å²) in [6.07, 6.45) is 11.2. The molecule has 0 fully saturated rings. The maximum Gasteiger partial charge on any atom is 1.00 e. The average Bonchev–Trinajstić information content (AvgIpc) is 3.58. The molecule has 38 heavy (non-hydrogen) atoms. The van der Waals surface area contributed by atoms with Gasteiger partial charge >= 0.3 is 51.4 Å². The second kappa shape index (κ2) is 9.98. The number of hydrogen-bond donors (Lipinski definition) is 2. The van der Waals surface area contributed by atoms with E-state index in [0.717, 1.165) is 50.3 Å². The van der Waals surface area contributed by atoms with Gasteiger partial charge in [0.15, 0.2) is 0 Å². The van der Waals surface area contributed by atoms with Gasteiger partial charge in [0.2, 0.25) is 0 Å². The average molecular weight is 549 g/mol. The SMILES string of the molecule is CC1=CC(C)(S(=O)(=O)[O-])C(c2cc3cc4ccc(cc5nc(cc6nc(cc2[nH]3)C=C6)C=C5)[nH]4)C(C)=C1.[K+]. The first-order valence-electron chi connectivity index (χ1n) is 12.0. The van der Waals surface area contributed by atoms with Crippen LogP contribution < -0.4 is 51.4 Å². The molecule has 3 aromatic rings. The first-order chi connectivity index (χ1) is 17.6. The first-order valence-corrected chi connectivity index (χ1v) is 13.4. The van der Waals surface area contributed by atoms with E-state index in [1.165, 1.54) is 6.92 Å². The van der Waals surface area contributed by atoms with Gasteiger partial charge in [0.1, 0.15) is 10.1 Å². The number of aromatic nitrogens is 4. The van der Waals surface area contributed by atoms with Crippen LogP contribution in [0.4, 0.5) is 0 Å². The van der Waals surface area contributed by atoms with Crippen molar-refractivity contribution in [3.8, 4) is 0 Å². The van der Waals surface area contributed by atoms with Crippen molar-refractivity contribution >= 4 is 56.5 Å². The van der Waals surface area contributed by atoms with E-state index in [4.69, 9.17) is 4.98 Å². The summed E-state index contributed by atoms with van der Waals surface area (Å²) in [5.74, 6) is -0.661. The van der Waals surface area contributed by atoms with Crippen molar-refractivity contribution < 1.29 is 64.4 Å². The van der Waals surface area contributed by atoms with Crippen molar-refractivity contribution in [2.24, 2.45) is 0 Å². The van der Waals surface area contributed by atoms with Crippen molar-refractivity contribution in [1.29, 1.82) is 0 Å². The van der Waals surface area contributed by atoms with Crippen molar-refractivity contribution in [3.63, 3.8) is 0 Å². The Balaban J connectivity index is 0.00000294. The summed E-state index contributed by atoms with van der Waals surface area (Å²) in [6, 6.07) is 13.6. The minimum Gasteiger partial charge on any atom is -0.747 e. The number of H-pyrrole nitrogens is 2. The van der Waals surface area contributed by atoms with E-state index in [1.807, 2.05) is 86.7 Å². The third kappa shape index (κ3) is 5.00. The van der Waals surface area contributed by atoms with Gasteiger partial charge in [0.25, 0.3) is 0 Å². The molecule has 0 spiro atoms. The zero-order valence-corrected chi connectivity index (χ0v) is 25.5.